The predicted octanol–water partition coefficient (Wildman–Crippen LogP) is 10.3. The maximum absolute atomic E-state index is 13.1. The minimum atomic E-state index is -0.691. The molecule has 0 saturated heterocycles. The van der Waals surface area contributed by atoms with Gasteiger partial charge in [-0.15, -0.1) is 0 Å². The van der Waals surface area contributed by atoms with Crippen molar-refractivity contribution in [1.29, 1.82) is 0 Å². The van der Waals surface area contributed by atoms with Crippen molar-refractivity contribution in [3.8, 4) is 0 Å². The van der Waals surface area contributed by atoms with Crippen LogP contribution >= 0.6 is 0 Å². The number of carbonyl (C=O) groups is 2. The Hall–Kier alpha value is -1.06. The lowest BCUT2D eigenvalue weighted by atomic mass is 9.61. The van der Waals surface area contributed by atoms with Gasteiger partial charge in [-0.25, -0.2) is 0 Å². The molecule has 4 heteroatoms. The molecule has 0 fully saturated rings. The molecule has 0 spiro atoms. The maximum atomic E-state index is 13.1. The molecule has 3 atom stereocenters. The van der Waals surface area contributed by atoms with Crippen molar-refractivity contribution >= 4 is 11.9 Å². The SMILES string of the molecule is CCCCC(CC)CC(CC(CC)CCCC)(C(=O)O)C(CC)CCCCCCCCCCC(=O)O. The second-order valence-electron chi connectivity index (χ2n) is 11.6. The van der Waals surface area contributed by atoms with Gasteiger partial charge in [0.25, 0.3) is 0 Å². The van der Waals surface area contributed by atoms with Crippen molar-refractivity contribution in [2.45, 2.75) is 169 Å². The van der Waals surface area contributed by atoms with E-state index in [1.165, 1.54) is 51.4 Å². The molecule has 0 aromatic carbocycles. The van der Waals surface area contributed by atoms with Crippen molar-refractivity contribution in [3.63, 3.8) is 0 Å². The van der Waals surface area contributed by atoms with Crippen molar-refractivity contribution in [2.75, 3.05) is 0 Å². The van der Waals surface area contributed by atoms with Crippen molar-refractivity contribution in [3.05, 3.63) is 0 Å². The average molecular weight is 511 g/mol. The molecule has 0 saturated carbocycles. The fourth-order valence-corrected chi connectivity index (χ4v) is 6.28. The summed E-state index contributed by atoms with van der Waals surface area (Å²) in [5.41, 5.74) is -0.582. The lowest BCUT2D eigenvalue weighted by Gasteiger charge is -2.42. The van der Waals surface area contributed by atoms with Crippen LogP contribution in [0.25, 0.3) is 0 Å². The van der Waals surface area contributed by atoms with E-state index in [2.05, 4.69) is 34.6 Å². The lowest BCUT2D eigenvalue weighted by molar-refractivity contribution is -0.157. The van der Waals surface area contributed by atoms with E-state index in [0.717, 1.165) is 77.0 Å². The molecule has 4 nitrogen and oxygen atoms in total. The van der Waals surface area contributed by atoms with Gasteiger partial charge in [0.15, 0.2) is 0 Å². The van der Waals surface area contributed by atoms with E-state index in [1.807, 2.05) is 0 Å². The van der Waals surface area contributed by atoms with E-state index in [4.69, 9.17) is 5.11 Å². The molecule has 2 N–H and O–H groups in total. The summed E-state index contributed by atoms with van der Waals surface area (Å²) in [6.45, 7) is 11.2. The van der Waals surface area contributed by atoms with E-state index in [0.29, 0.717) is 18.3 Å². The van der Waals surface area contributed by atoms with Gasteiger partial charge in [-0.05, 0) is 43.4 Å². The highest BCUT2D eigenvalue weighted by Gasteiger charge is 2.46. The minimum Gasteiger partial charge on any atom is -0.481 e. The van der Waals surface area contributed by atoms with Crippen LogP contribution in [0, 0.1) is 23.2 Å². The molecule has 0 rings (SSSR count). The summed E-state index contributed by atoms with van der Waals surface area (Å²) in [5, 5.41) is 19.5. The van der Waals surface area contributed by atoms with Crippen LogP contribution < -0.4 is 0 Å². The van der Waals surface area contributed by atoms with Gasteiger partial charge in [-0.1, -0.05) is 137 Å². The highest BCUT2D eigenvalue weighted by atomic mass is 16.4. The van der Waals surface area contributed by atoms with Gasteiger partial charge in [-0.3, -0.25) is 9.59 Å². The first kappa shape index (κ1) is 34.9. The fourth-order valence-electron chi connectivity index (χ4n) is 6.28. The highest BCUT2D eigenvalue weighted by molar-refractivity contribution is 5.75. The molecule has 0 amide bonds. The second-order valence-corrected chi connectivity index (χ2v) is 11.6. The molecule has 0 aliphatic rings. The van der Waals surface area contributed by atoms with Crippen molar-refractivity contribution in [1.82, 2.24) is 0 Å². The largest absolute Gasteiger partial charge is 0.481 e. The lowest BCUT2D eigenvalue weighted by Crippen LogP contribution is -2.42. The normalized spacial score (nSPS) is 15.8. The van der Waals surface area contributed by atoms with E-state index in [9.17, 15) is 14.7 Å². The fraction of sp³-hybridized carbons (Fsp3) is 0.938. The van der Waals surface area contributed by atoms with E-state index >= 15 is 0 Å². The number of unbranched alkanes of at least 4 members (excludes halogenated alkanes) is 9. The van der Waals surface area contributed by atoms with Crippen LogP contribution in [0.1, 0.15) is 169 Å². The smallest absolute Gasteiger partial charge is 0.309 e. The van der Waals surface area contributed by atoms with Crippen LogP contribution in [0.15, 0.2) is 0 Å². The van der Waals surface area contributed by atoms with Crippen LogP contribution in [0.2, 0.25) is 0 Å². The summed E-state index contributed by atoms with van der Waals surface area (Å²) in [6.07, 6.45) is 22.1. The summed E-state index contributed by atoms with van der Waals surface area (Å²) in [4.78, 5) is 23.7. The number of carboxylic acids is 2. The van der Waals surface area contributed by atoms with Gasteiger partial charge >= 0.3 is 11.9 Å². The summed E-state index contributed by atoms with van der Waals surface area (Å²) < 4.78 is 0. The Balaban J connectivity index is 5.17. The molecule has 36 heavy (non-hydrogen) atoms. The van der Waals surface area contributed by atoms with Crippen LogP contribution in [0.4, 0.5) is 0 Å². The first-order chi connectivity index (χ1) is 17.3. The van der Waals surface area contributed by atoms with Crippen LogP contribution in [-0.4, -0.2) is 22.2 Å². The van der Waals surface area contributed by atoms with E-state index < -0.39 is 17.4 Å². The van der Waals surface area contributed by atoms with Gasteiger partial charge in [0.2, 0.25) is 0 Å². The molecular formula is C32H62O4. The molecular weight excluding hydrogens is 448 g/mol. The zero-order valence-electron chi connectivity index (χ0n) is 24.8. The summed E-state index contributed by atoms with van der Waals surface area (Å²) in [7, 11) is 0. The maximum Gasteiger partial charge on any atom is 0.309 e. The Labute approximate surface area is 224 Å². The second kappa shape index (κ2) is 22.0. The topological polar surface area (TPSA) is 74.6 Å². The Bertz CT molecular complexity index is 526. The summed E-state index contributed by atoms with van der Waals surface area (Å²) >= 11 is 0. The number of hydrogen-bond donors (Lipinski definition) is 2. The Kier molecular flexibility index (Phi) is 21.3. The van der Waals surface area contributed by atoms with Gasteiger partial charge in [-0.2, -0.15) is 0 Å². The zero-order valence-corrected chi connectivity index (χ0v) is 24.8. The first-order valence-corrected chi connectivity index (χ1v) is 15.8. The number of hydrogen-bond acceptors (Lipinski definition) is 2. The molecule has 0 heterocycles. The molecule has 0 aromatic heterocycles. The molecule has 0 bridgehead atoms. The van der Waals surface area contributed by atoms with Crippen LogP contribution in [-0.2, 0) is 9.59 Å². The number of carboxylic acid groups (broad SMARTS) is 2. The van der Waals surface area contributed by atoms with Gasteiger partial charge in [0, 0.05) is 6.42 Å². The Morgan fingerprint density at radius 2 is 1.03 bits per heavy atom. The van der Waals surface area contributed by atoms with E-state index in [1.54, 1.807) is 0 Å². The standard InChI is InChI=1S/C32H62O4/c1-6-11-21-27(8-3)25-32(31(35)36,26-28(9-4)22-12-7-2)29(10-5)23-19-17-15-13-14-16-18-20-24-30(33)34/h27-29H,6-26H2,1-5H3,(H,33,34)(H,35,36). The third-order valence-corrected chi connectivity index (χ3v) is 8.79. The minimum absolute atomic E-state index is 0.261. The molecule has 0 aliphatic heterocycles. The van der Waals surface area contributed by atoms with Gasteiger partial charge in [0.1, 0.15) is 0 Å². The third-order valence-electron chi connectivity index (χ3n) is 8.79. The Morgan fingerprint density at radius 3 is 1.39 bits per heavy atom. The highest BCUT2D eigenvalue weighted by Crippen LogP contribution is 2.47. The molecule has 0 aromatic rings. The molecule has 0 radical (unpaired) electrons. The number of rotatable bonds is 26. The number of aliphatic carboxylic acids is 2. The van der Waals surface area contributed by atoms with Crippen molar-refractivity contribution < 1.29 is 19.8 Å². The van der Waals surface area contributed by atoms with Crippen molar-refractivity contribution in [2.24, 2.45) is 23.2 Å². The molecule has 3 unspecified atom stereocenters. The first-order valence-electron chi connectivity index (χ1n) is 15.8. The van der Waals surface area contributed by atoms with Crippen LogP contribution in [0.5, 0.6) is 0 Å². The quantitative estimate of drug-likeness (QED) is 0.113. The summed E-state index contributed by atoms with van der Waals surface area (Å²) in [6, 6.07) is 0. The monoisotopic (exact) mass is 510 g/mol. The van der Waals surface area contributed by atoms with Crippen LogP contribution in [0.3, 0.4) is 0 Å². The molecule has 214 valence electrons. The summed E-state index contributed by atoms with van der Waals surface area (Å²) in [5.74, 6) is 0.0713. The average Bonchev–Trinajstić information content (AvgIpc) is 2.86. The third kappa shape index (κ3) is 14.6. The van der Waals surface area contributed by atoms with E-state index in [-0.39, 0.29) is 5.92 Å². The molecule has 0 aliphatic carbocycles. The zero-order chi connectivity index (χ0) is 27.2. The Morgan fingerprint density at radius 1 is 0.583 bits per heavy atom. The van der Waals surface area contributed by atoms with Gasteiger partial charge in [0.05, 0.1) is 5.41 Å². The predicted molar refractivity (Wildman–Crippen MR) is 154 cm³/mol. The van der Waals surface area contributed by atoms with Gasteiger partial charge < -0.3 is 10.2 Å².